The first-order valence-electron chi connectivity index (χ1n) is 8.32. The molecule has 3 rings (SSSR count). The van der Waals surface area contributed by atoms with Gasteiger partial charge in [0.25, 0.3) is 0 Å². The van der Waals surface area contributed by atoms with Gasteiger partial charge in [0.1, 0.15) is 5.78 Å². The van der Waals surface area contributed by atoms with Crippen LogP contribution in [0.4, 0.5) is 0 Å². The maximum atomic E-state index is 11.8. The van der Waals surface area contributed by atoms with Crippen LogP contribution in [0, 0.1) is 11.8 Å². The molecule has 0 aromatic carbocycles. The average Bonchev–Trinajstić information content (AvgIpc) is 2.53. The zero-order valence-corrected chi connectivity index (χ0v) is 12.6. The third-order valence-corrected chi connectivity index (χ3v) is 4.68. The summed E-state index contributed by atoms with van der Waals surface area (Å²) in [4.78, 5) is 11.8. The molecule has 2 unspecified atom stereocenters. The topological polar surface area (TPSA) is 54.0 Å². The molecule has 0 aromatic heterocycles. The van der Waals surface area contributed by atoms with Gasteiger partial charge in [0.2, 0.25) is 0 Å². The molecule has 0 bridgehead atoms. The predicted molar refractivity (Wildman–Crippen MR) is 75.7 cm³/mol. The maximum absolute atomic E-state index is 11.8. The van der Waals surface area contributed by atoms with Crippen LogP contribution in [0.25, 0.3) is 0 Å². The number of ketones is 1. The number of carbonyl (C=O) groups is 1. The van der Waals surface area contributed by atoms with Gasteiger partial charge in [-0.15, -0.1) is 0 Å². The van der Waals surface area contributed by atoms with E-state index < -0.39 is 0 Å². The summed E-state index contributed by atoms with van der Waals surface area (Å²) in [6.07, 6.45) is 6.89. The van der Waals surface area contributed by atoms with Crippen LogP contribution in [0.15, 0.2) is 0 Å². The maximum Gasteiger partial charge on any atom is 0.157 e. The van der Waals surface area contributed by atoms with Crippen molar-refractivity contribution in [2.75, 3.05) is 26.4 Å². The molecule has 4 atom stereocenters. The second-order valence-corrected chi connectivity index (χ2v) is 6.30. The van der Waals surface area contributed by atoms with E-state index in [0.717, 1.165) is 45.3 Å². The second kappa shape index (κ2) is 7.68. The molecule has 1 aliphatic carbocycles. The minimum atomic E-state index is -0.115. The van der Waals surface area contributed by atoms with Gasteiger partial charge in [0.05, 0.1) is 13.2 Å². The van der Waals surface area contributed by atoms with Crippen LogP contribution in [-0.4, -0.2) is 44.8 Å². The molecule has 0 radical (unpaired) electrons. The van der Waals surface area contributed by atoms with E-state index in [1.54, 1.807) is 0 Å². The number of carbonyl (C=O) groups excluding carboxylic acids is 1. The highest BCUT2D eigenvalue weighted by molar-refractivity contribution is 5.87. The Kier molecular flexibility index (Phi) is 5.63. The van der Waals surface area contributed by atoms with Crippen molar-refractivity contribution in [2.45, 2.75) is 57.5 Å². The highest BCUT2D eigenvalue weighted by atomic mass is 16.7. The largest absolute Gasteiger partial charge is 0.353 e. The van der Waals surface area contributed by atoms with Gasteiger partial charge in [-0.05, 0) is 38.5 Å². The number of hydrogen-bond donors (Lipinski definition) is 0. The highest BCUT2D eigenvalue weighted by Gasteiger charge is 2.40. The van der Waals surface area contributed by atoms with Crippen molar-refractivity contribution in [3.63, 3.8) is 0 Å². The zero-order valence-electron chi connectivity index (χ0n) is 12.6. The molecule has 0 N–H and O–H groups in total. The molecule has 0 aromatic rings. The molecule has 5 nitrogen and oxygen atoms in total. The molecule has 120 valence electrons. The molecule has 1 saturated carbocycles. The molecule has 21 heavy (non-hydrogen) atoms. The van der Waals surface area contributed by atoms with Gasteiger partial charge in [-0.25, -0.2) is 0 Å². The summed E-state index contributed by atoms with van der Waals surface area (Å²) in [5.74, 6) is 0.565. The van der Waals surface area contributed by atoms with Crippen LogP contribution in [-0.2, 0) is 23.7 Å². The molecule has 3 aliphatic rings. The molecule has 2 saturated heterocycles. The lowest BCUT2D eigenvalue weighted by Gasteiger charge is -2.37. The summed E-state index contributed by atoms with van der Waals surface area (Å²) < 4.78 is 22.6. The van der Waals surface area contributed by atoms with E-state index in [4.69, 9.17) is 18.9 Å². The van der Waals surface area contributed by atoms with Crippen LogP contribution in [0.5, 0.6) is 0 Å². The number of rotatable bonds is 6. The molecule has 2 aliphatic heterocycles. The summed E-state index contributed by atoms with van der Waals surface area (Å²) >= 11 is 0. The fourth-order valence-corrected chi connectivity index (χ4v) is 3.19. The van der Waals surface area contributed by atoms with Gasteiger partial charge in [-0.1, -0.05) is 0 Å². The molecule has 0 spiro atoms. The Morgan fingerprint density at radius 3 is 2.05 bits per heavy atom. The first-order chi connectivity index (χ1) is 10.3. The predicted octanol–water partition coefficient (Wildman–Crippen LogP) is 2.28. The van der Waals surface area contributed by atoms with Crippen molar-refractivity contribution in [1.82, 2.24) is 0 Å². The zero-order chi connectivity index (χ0) is 14.5. The van der Waals surface area contributed by atoms with Crippen molar-refractivity contribution in [2.24, 2.45) is 11.8 Å². The van der Waals surface area contributed by atoms with E-state index in [1.165, 1.54) is 6.42 Å². The Hall–Kier alpha value is -0.490. The third kappa shape index (κ3) is 4.25. The molecule has 2 heterocycles. The van der Waals surface area contributed by atoms with Crippen molar-refractivity contribution in [3.8, 4) is 0 Å². The number of Topliss-reactive ketones (excluding diaryl/α,β-unsaturated/α-hetero) is 1. The first-order valence-corrected chi connectivity index (χ1v) is 8.32. The fourth-order valence-electron chi connectivity index (χ4n) is 3.19. The summed E-state index contributed by atoms with van der Waals surface area (Å²) in [6.45, 7) is 2.65. The van der Waals surface area contributed by atoms with Crippen molar-refractivity contribution in [3.05, 3.63) is 0 Å². The van der Waals surface area contributed by atoms with Crippen molar-refractivity contribution >= 4 is 5.78 Å². The lowest BCUT2D eigenvalue weighted by atomic mass is 9.73. The average molecular weight is 298 g/mol. The minimum Gasteiger partial charge on any atom is -0.353 e. The lowest BCUT2D eigenvalue weighted by molar-refractivity contribution is -0.195. The van der Waals surface area contributed by atoms with Crippen LogP contribution in [0.2, 0.25) is 0 Å². The number of hydrogen-bond acceptors (Lipinski definition) is 5. The monoisotopic (exact) mass is 298 g/mol. The molecular formula is C16H26O5. The fraction of sp³-hybridized carbons (Fsp3) is 0.938. The van der Waals surface area contributed by atoms with Gasteiger partial charge >= 0.3 is 0 Å². The van der Waals surface area contributed by atoms with Gasteiger partial charge in [-0.3, -0.25) is 4.79 Å². The Morgan fingerprint density at radius 2 is 1.52 bits per heavy atom. The van der Waals surface area contributed by atoms with Crippen LogP contribution in [0.1, 0.15) is 44.9 Å². The van der Waals surface area contributed by atoms with Gasteiger partial charge in [0, 0.05) is 31.5 Å². The van der Waals surface area contributed by atoms with E-state index in [9.17, 15) is 4.79 Å². The first kappa shape index (κ1) is 15.4. The normalized spacial score (nSPS) is 37.2. The van der Waals surface area contributed by atoms with Crippen molar-refractivity contribution in [1.29, 1.82) is 0 Å². The lowest BCUT2D eigenvalue weighted by Crippen LogP contribution is -2.44. The standard InChI is InChI=1S/C16H26O5/c17-14-9-12(10-20-15-5-1-3-7-18-15)13(14)11-21-16-6-2-4-8-19-16/h12-13,15-16H,1-11H2/t12-,13-,15?,16?/m1/s1. The summed E-state index contributed by atoms with van der Waals surface area (Å²) in [7, 11) is 0. The van der Waals surface area contributed by atoms with E-state index in [2.05, 4.69) is 0 Å². The van der Waals surface area contributed by atoms with E-state index in [0.29, 0.717) is 25.4 Å². The minimum absolute atomic E-state index is 0.0147. The van der Waals surface area contributed by atoms with Gasteiger partial charge < -0.3 is 18.9 Å². The van der Waals surface area contributed by atoms with Crippen LogP contribution < -0.4 is 0 Å². The Balaban J connectivity index is 1.36. The van der Waals surface area contributed by atoms with E-state index in [1.807, 2.05) is 0 Å². The molecule has 3 fully saturated rings. The van der Waals surface area contributed by atoms with Crippen molar-refractivity contribution < 1.29 is 23.7 Å². The van der Waals surface area contributed by atoms with Crippen LogP contribution in [0.3, 0.4) is 0 Å². The third-order valence-electron chi connectivity index (χ3n) is 4.68. The van der Waals surface area contributed by atoms with E-state index in [-0.39, 0.29) is 24.4 Å². The van der Waals surface area contributed by atoms with Gasteiger partial charge in [0.15, 0.2) is 12.6 Å². The van der Waals surface area contributed by atoms with Gasteiger partial charge in [-0.2, -0.15) is 0 Å². The van der Waals surface area contributed by atoms with E-state index >= 15 is 0 Å². The summed E-state index contributed by atoms with van der Waals surface area (Å²) in [5.41, 5.74) is 0. The highest BCUT2D eigenvalue weighted by Crippen LogP contribution is 2.32. The summed E-state index contributed by atoms with van der Waals surface area (Å²) in [5, 5.41) is 0. The molecule has 0 amide bonds. The Labute approximate surface area is 126 Å². The Morgan fingerprint density at radius 1 is 0.905 bits per heavy atom. The van der Waals surface area contributed by atoms with Crippen LogP contribution >= 0.6 is 0 Å². The summed E-state index contributed by atoms with van der Waals surface area (Å²) in [6, 6.07) is 0. The second-order valence-electron chi connectivity index (χ2n) is 6.30. The quantitative estimate of drug-likeness (QED) is 0.753. The number of ether oxygens (including phenoxy) is 4. The molecular weight excluding hydrogens is 272 g/mol. The molecule has 5 heteroatoms. The SMILES string of the molecule is O=C1C[C@H](COC2CCCCO2)[C@H]1COC1CCCCO1. The smallest absolute Gasteiger partial charge is 0.157 e. The Bertz CT molecular complexity index is 334.